The highest BCUT2D eigenvalue weighted by molar-refractivity contribution is 7.80. The third-order valence-electron chi connectivity index (χ3n) is 7.05. The summed E-state index contributed by atoms with van der Waals surface area (Å²) in [5, 5.41) is 87.2. The zero-order valence-electron chi connectivity index (χ0n) is 22.8. The van der Waals surface area contributed by atoms with Crippen LogP contribution in [0.15, 0.2) is 48.5 Å². The summed E-state index contributed by atoms with van der Waals surface area (Å²) in [6.07, 6.45) is -11.8. The molecule has 10 N–H and O–H groups in total. The van der Waals surface area contributed by atoms with E-state index in [2.05, 4.69) is 10.6 Å². The molecule has 2 saturated heterocycles. The first kappa shape index (κ1) is 32.2. The molecule has 2 aromatic rings. The summed E-state index contributed by atoms with van der Waals surface area (Å²) in [5.74, 6) is -4.76. The second-order valence-corrected chi connectivity index (χ2v) is 10.7. The lowest BCUT2D eigenvalue weighted by atomic mass is 9.98. The normalized spacial score (nSPS) is 36.6. The minimum absolute atomic E-state index is 0.157. The third kappa shape index (κ3) is 7.10. The van der Waals surface area contributed by atoms with Crippen LogP contribution in [0.25, 0.3) is 0 Å². The van der Waals surface area contributed by atoms with E-state index in [1.807, 2.05) is 0 Å². The summed E-state index contributed by atoms with van der Waals surface area (Å²) in [4.78, 5) is 0. The number of thiocarbonyl (C=S) groups is 1. The van der Waals surface area contributed by atoms with E-state index in [1.165, 1.54) is 38.1 Å². The summed E-state index contributed by atoms with van der Waals surface area (Å²) in [6, 6.07) is 12.9. The molecule has 2 aliphatic rings. The molecule has 2 fully saturated rings. The van der Waals surface area contributed by atoms with Crippen molar-refractivity contribution in [1.29, 1.82) is 0 Å². The SMILES string of the molecule is C[C@@H]1O[C@@](O)(Oc2ccc(CNC(=S)NCc3ccc(O[C@]4(O)O[C@@H](C)[C@H](O)[C@@H](O)[C@H]4O)cc3)cc2)[C@H](O)[C@H](O)[C@H]1O. The topological polar surface area (TPSA) is 223 Å². The summed E-state index contributed by atoms with van der Waals surface area (Å²) in [5.41, 5.74) is 1.62. The molecular weight excluding hydrogens is 576 g/mol. The first-order valence-electron chi connectivity index (χ1n) is 13.2. The van der Waals surface area contributed by atoms with Gasteiger partial charge in [-0.3, -0.25) is 0 Å². The minimum atomic E-state index is -2.54. The number of aliphatic hydroxyl groups excluding tert-OH is 6. The van der Waals surface area contributed by atoms with Crippen LogP contribution in [0, 0.1) is 0 Å². The molecule has 0 saturated carbocycles. The number of nitrogens with one attached hydrogen (secondary N) is 2. The summed E-state index contributed by atoms with van der Waals surface area (Å²) < 4.78 is 21.1. The van der Waals surface area contributed by atoms with Crippen molar-refractivity contribution in [3.8, 4) is 11.5 Å². The van der Waals surface area contributed by atoms with E-state index >= 15 is 0 Å². The van der Waals surface area contributed by atoms with Crippen molar-refractivity contribution in [1.82, 2.24) is 10.6 Å². The Bertz CT molecular complexity index is 1120. The molecule has 2 heterocycles. The first-order chi connectivity index (χ1) is 19.7. The Morgan fingerprint density at radius 2 is 1.00 bits per heavy atom. The Labute approximate surface area is 246 Å². The fourth-order valence-corrected chi connectivity index (χ4v) is 4.60. The molecule has 0 aliphatic carbocycles. The maximum atomic E-state index is 10.5. The summed E-state index contributed by atoms with van der Waals surface area (Å²) in [7, 11) is 0. The maximum Gasteiger partial charge on any atom is 0.355 e. The lowest BCUT2D eigenvalue weighted by Gasteiger charge is -2.43. The predicted octanol–water partition coefficient (Wildman–Crippen LogP) is -2.10. The molecule has 42 heavy (non-hydrogen) atoms. The molecule has 0 radical (unpaired) electrons. The summed E-state index contributed by atoms with van der Waals surface area (Å²) >= 11 is 5.32. The van der Waals surface area contributed by atoms with E-state index in [1.54, 1.807) is 24.3 Å². The zero-order valence-corrected chi connectivity index (χ0v) is 23.6. The van der Waals surface area contributed by atoms with Crippen LogP contribution in [0.4, 0.5) is 0 Å². The molecule has 0 unspecified atom stereocenters. The highest BCUT2D eigenvalue weighted by atomic mass is 32.1. The predicted molar refractivity (Wildman–Crippen MR) is 147 cm³/mol. The van der Waals surface area contributed by atoms with Gasteiger partial charge in [0.1, 0.15) is 35.9 Å². The van der Waals surface area contributed by atoms with E-state index in [-0.39, 0.29) is 11.5 Å². The van der Waals surface area contributed by atoms with Crippen molar-refractivity contribution in [2.24, 2.45) is 0 Å². The average Bonchev–Trinajstić information content (AvgIpc) is 2.96. The smallest absolute Gasteiger partial charge is 0.355 e. The van der Waals surface area contributed by atoms with Crippen molar-refractivity contribution in [2.75, 3.05) is 0 Å². The molecule has 2 aliphatic heterocycles. The van der Waals surface area contributed by atoms with E-state index in [0.29, 0.717) is 18.2 Å². The first-order valence-corrected chi connectivity index (χ1v) is 13.6. The standard InChI is InChI=1S/C27H36N2O12S/c1-13-19(30)21(32)23(34)26(36,38-13)40-17-7-3-15(4-8-17)11-28-25(42)29-12-16-5-9-18(10-6-16)41-27(37)24(35)22(33)20(31)14(2)39-27/h3-10,13-14,19-24,30-37H,11-12H2,1-2H3,(H2,28,29,42)/t13-,14-,19-,20-,21+,22+,23+,24+,26+,27+/m0/s1. The van der Waals surface area contributed by atoms with Gasteiger partial charge in [-0.2, -0.15) is 0 Å². The van der Waals surface area contributed by atoms with Gasteiger partial charge in [0, 0.05) is 13.1 Å². The fourth-order valence-electron chi connectivity index (χ4n) is 4.46. The average molecular weight is 613 g/mol. The molecule has 15 heteroatoms. The highest BCUT2D eigenvalue weighted by Gasteiger charge is 2.55. The maximum absolute atomic E-state index is 10.5. The van der Waals surface area contributed by atoms with E-state index in [0.717, 1.165) is 11.1 Å². The highest BCUT2D eigenvalue weighted by Crippen LogP contribution is 2.32. The van der Waals surface area contributed by atoms with Gasteiger partial charge in [-0.05, 0) is 61.5 Å². The molecular formula is C27H36N2O12S. The van der Waals surface area contributed by atoms with Crippen LogP contribution in [-0.4, -0.2) is 107 Å². The second-order valence-electron chi connectivity index (χ2n) is 10.3. The van der Waals surface area contributed by atoms with Gasteiger partial charge in [0.2, 0.25) is 0 Å². The van der Waals surface area contributed by atoms with Gasteiger partial charge in [0.15, 0.2) is 17.3 Å². The van der Waals surface area contributed by atoms with E-state index in [4.69, 9.17) is 31.2 Å². The van der Waals surface area contributed by atoms with E-state index < -0.39 is 60.8 Å². The van der Waals surface area contributed by atoms with Crippen molar-refractivity contribution >= 4 is 17.3 Å². The number of rotatable bonds is 8. The van der Waals surface area contributed by atoms with Crippen molar-refractivity contribution in [3.63, 3.8) is 0 Å². The van der Waals surface area contributed by atoms with Crippen molar-refractivity contribution in [2.45, 2.75) is 87.7 Å². The van der Waals surface area contributed by atoms with Gasteiger partial charge < -0.3 is 70.4 Å². The largest absolute Gasteiger partial charge is 0.437 e. The van der Waals surface area contributed by atoms with Gasteiger partial charge >= 0.3 is 11.9 Å². The number of aliphatic hydroxyl groups is 8. The Balaban J connectivity index is 1.23. The third-order valence-corrected chi connectivity index (χ3v) is 7.34. The molecule has 0 aromatic heterocycles. The zero-order chi connectivity index (χ0) is 30.8. The Morgan fingerprint density at radius 1 is 0.667 bits per heavy atom. The van der Waals surface area contributed by atoms with Crippen LogP contribution in [0.3, 0.4) is 0 Å². The fraction of sp³-hybridized carbons (Fsp3) is 0.519. The van der Waals surface area contributed by atoms with Gasteiger partial charge in [-0.1, -0.05) is 24.3 Å². The van der Waals surface area contributed by atoms with Gasteiger partial charge in [-0.25, -0.2) is 0 Å². The molecule has 0 spiro atoms. The molecule has 0 amide bonds. The molecule has 10 atom stereocenters. The number of ether oxygens (including phenoxy) is 4. The summed E-state index contributed by atoms with van der Waals surface area (Å²) in [6.45, 7) is 3.55. The van der Waals surface area contributed by atoms with Gasteiger partial charge in [0.05, 0.1) is 12.2 Å². The lowest BCUT2D eigenvalue weighted by Crippen LogP contribution is -2.66. The molecule has 0 bridgehead atoms. The van der Waals surface area contributed by atoms with Crippen molar-refractivity contribution < 1.29 is 59.8 Å². The van der Waals surface area contributed by atoms with Gasteiger partial charge in [0.25, 0.3) is 0 Å². The van der Waals surface area contributed by atoms with Gasteiger partial charge in [-0.15, -0.1) is 0 Å². The number of benzene rings is 2. The van der Waals surface area contributed by atoms with E-state index in [9.17, 15) is 40.9 Å². The lowest BCUT2D eigenvalue weighted by molar-refractivity contribution is -0.418. The molecule has 4 rings (SSSR count). The number of hydrogen-bond donors (Lipinski definition) is 10. The molecule has 2 aromatic carbocycles. The van der Waals surface area contributed by atoms with Crippen LogP contribution < -0.4 is 20.1 Å². The molecule has 232 valence electrons. The Hall–Kier alpha value is -2.67. The van der Waals surface area contributed by atoms with Crippen LogP contribution in [0.1, 0.15) is 25.0 Å². The van der Waals surface area contributed by atoms with Crippen LogP contribution in [0.2, 0.25) is 0 Å². The second kappa shape index (κ2) is 12.9. The van der Waals surface area contributed by atoms with Crippen LogP contribution >= 0.6 is 12.2 Å². The number of hydrogen-bond acceptors (Lipinski definition) is 13. The Kier molecular flexibility index (Phi) is 9.91. The Morgan fingerprint density at radius 3 is 1.33 bits per heavy atom. The minimum Gasteiger partial charge on any atom is -0.437 e. The monoisotopic (exact) mass is 612 g/mol. The van der Waals surface area contributed by atoms with Crippen LogP contribution in [0.5, 0.6) is 11.5 Å². The quantitative estimate of drug-likeness (QED) is 0.114. The van der Waals surface area contributed by atoms with Crippen LogP contribution in [-0.2, 0) is 22.6 Å². The molecule has 14 nitrogen and oxygen atoms in total. The van der Waals surface area contributed by atoms with Crippen molar-refractivity contribution in [3.05, 3.63) is 59.7 Å².